The Labute approximate surface area is 130 Å². The summed E-state index contributed by atoms with van der Waals surface area (Å²) in [6.45, 7) is 12.6. The van der Waals surface area contributed by atoms with E-state index >= 15 is 0 Å². The van der Waals surface area contributed by atoms with Crippen molar-refractivity contribution in [2.45, 2.75) is 52.7 Å². The predicted octanol–water partition coefficient (Wildman–Crippen LogP) is 3.73. The fraction of sp³-hybridized carbons (Fsp3) is 0.667. The van der Waals surface area contributed by atoms with Crippen LogP contribution in [-0.4, -0.2) is 32.4 Å². The van der Waals surface area contributed by atoms with E-state index in [1.54, 1.807) is 0 Å². The Morgan fingerprint density at radius 1 is 0.952 bits per heavy atom. The summed E-state index contributed by atoms with van der Waals surface area (Å²) in [5, 5.41) is 3.48. The van der Waals surface area contributed by atoms with Gasteiger partial charge in [0.25, 0.3) is 0 Å². The molecule has 1 aromatic rings. The lowest BCUT2D eigenvalue weighted by molar-refractivity contribution is 0.0408. The summed E-state index contributed by atoms with van der Waals surface area (Å²) in [5.74, 6) is 0.532. The third kappa shape index (κ3) is 8.20. The van der Waals surface area contributed by atoms with Crippen LogP contribution in [0.25, 0.3) is 0 Å². The van der Waals surface area contributed by atoms with Gasteiger partial charge in [0.15, 0.2) is 0 Å². The maximum atomic E-state index is 5.61. The first-order valence-electron chi connectivity index (χ1n) is 8.11. The van der Waals surface area contributed by atoms with Crippen molar-refractivity contribution in [1.82, 2.24) is 5.32 Å². The van der Waals surface area contributed by atoms with Crippen molar-refractivity contribution in [1.29, 1.82) is 0 Å². The van der Waals surface area contributed by atoms with E-state index in [0.29, 0.717) is 31.8 Å². The molecule has 0 aliphatic heterocycles. The molecule has 0 fully saturated rings. The molecule has 3 nitrogen and oxygen atoms in total. The van der Waals surface area contributed by atoms with Gasteiger partial charge < -0.3 is 14.8 Å². The number of nitrogens with one attached hydrogen (secondary N) is 1. The average molecular weight is 293 g/mol. The van der Waals surface area contributed by atoms with Crippen LogP contribution < -0.4 is 5.32 Å². The summed E-state index contributed by atoms with van der Waals surface area (Å²) >= 11 is 0. The van der Waals surface area contributed by atoms with Gasteiger partial charge >= 0.3 is 0 Å². The van der Waals surface area contributed by atoms with Gasteiger partial charge in [0.2, 0.25) is 0 Å². The van der Waals surface area contributed by atoms with Gasteiger partial charge in [-0.2, -0.15) is 0 Å². The summed E-state index contributed by atoms with van der Waals surface area (Å²) in [6, 6.07) is 9.27. The maximum absolute atomic E-state index is 5.61. The zero-order valence-electron chi connectivity index (χ0n) is 14.0. The smallest absolute Gasteiger partial charge is 0.0718 e. The monoisotopic (exact) mass is 293 g/mol. The second kappa shape index (κ2) is 10.8. The molecule has 0 amide bonds. The van der Waals surface area contributed by atoms with Gasteiger partial charge in [-0.1, -0.05) is 52.0 Å². The first-order valence-corrected chi connectivity index (χ1v) is 8.11. The Morgan fingerprint density at radius 2 is 1.62 bits per heavy atom. The normalized spacial score (nSPS) is 12.8. The minimum atomic E-state index is 0.532. The first-order chi connectivity index (χ1) is 10.1. The van der Waals surface area contributed by atoms with Crippen LogP contribution >= 0.6 is 0 Å². The van der Waals surface area contributed by atoms with Gasteiger partial charge in [-0.05, 0) is 23.5 Å². The van der Waals surface area contributed by atoms with Crippen molar-refractivity contribution in [3.63, 3.8) is 0 Å². The molecule has 0 bridgehead atoms. The first kappa shape index (κ1) is 18.1. The summed E-state index contributed by atoms with van der Waals surface area (Å²) in [7, 11) is 0. The van der Waals surface area contributed by atoms with Crippen LogP contribution in [0.15, 0.2) is 24.3 Å². The lowest BCUT2D eigenvalue weighted by Gasteiger charge is -2.15. The van der Waals surface area contributed by atoms with Gasteiger partial charge in [0.05, 0.1) is 19.8 Å². The molecule has 3 heteroatoms. The highest BCUT2D eigenvalue weighted by Crippen LogP contribution is 2.15. The SMILES string of the molecule is CCCOCCOCc1ccc(C(C)CNC(C)C)cc1. The number of hydrogen-bond donors (Lipinski definition) is 1. The van der Waals surface area contributed by atoms with Crippen molar-refractivity contribution < 1.29 is 9.47 Å². The quantitative estimate of drug-likeness (QED) is 0.631. The van der Waals surface area contributed by atoms with Crippen molar-refractivity contribution >= 4 is 0 Å². The molecule has 120 valence electrons. The van der Waals surface area contributed by atoms with Gasteiger partial charge in [-0.15, -0.1) is 0 Å². The lowest BCUT2D eigenvalue weighted by Crippen LogP contribution is -2.26. The van der Waals surface area contributed by atoms with E-state index in [-0.39, 0.29) is 0 Å². The van der Waals surface area contributed by atoms with Crippen LogP contribution in [0.3, 0.4) is 0 Å². The molecule has 1 atom stereocenters. The Morgan fingerprint density at radius 3 is 2.24 bits per heavy atom. The molecule has 0 aromatic heterocycles. The predicted molar refractivity (Wildman–Crippen MR) is 88.8 cm³/mol. The molecular weight excluding hydrogens is 262 g/mol. The Kier molecular flexibility index (Phi) is 9.31. The topological polar surface area (TPSA) is 30.5 Å². The maximum Gasteiger partial charge on any atom is 0.0718 e. The molecule has 0 saturated carbocycles. The lowest BCUT2D eigenvalue weighted by atomic mass is 9.99. The second-order valence-corrected chi connectivity index (χ2v) is 5.87. The van der Waals surface area contributed by atoms with Gasteiger partial charge in [0, 0.05) is 19.2 Å². The van der Waals surface area contributed by atoms with E-state index in [4.69, 9.17) is 9.47 Å². The third-order valence-corrected chi connectivity index (χ3v) is 3.37. The second-order valence-electron chi connectivity index (χ2n) is 5.87. The van der Waals surface area contributed by atoms with Gasteiger partial charge in [0.1, 0.15) is 0 Å². The molecule has 0 aliphatic rings. The van der Waals surface area contributed by atoms with Crippen LogP contribution in [0.2, 0.25) is 0 Å². The van der Waals surface area contributed by atoms with Crippen molar-refractivity contribution in [2.24, 2.45) is 0 Å². The van der Waals surface area contributed by atoms with Crippen LogP contribution in [0, 0.1) is 0 Å². The highest BCUT2D eigenvalue weighted by atomic mass is 16.5. The molecule has 0 aliphatic carbocycles. The van der Waals surface area contributed by atoms with Gasteiger partial charge in [-0.3, -0.25) is 0 Å². The van der Waals surface area contributed by atoms with Crippen molar-refractivity contribution in [3.8, 4) is 0 Å². The molecule has 0 heterocycles. The molecule has 0 radical (unpaired) electrons. The minimum Gasteiger partial charge on any atom is -0.379 e. The fourth-order valence-corrected chi connectivity index (χ4v) is 2.03. The molecular formula is C18H31NO2. The molecule has 0 spiro atoms. The summed E-state index contributed by atoms with van der Waals surface area (Å²) in [4.78, 5) is 0. The van der Waals surface area contributed by atoms with E-state index in [1.807, 2.05) is 0 Å². The van der Waals surface area contributed by atoms with E-state index in [0.717, 1.165) is 19.6 Å². The minimum absolute atomic E-state index is 0.532. The number of hydrogen-bond acceptors (Lipinski definition) is 3. The summed E-state index contributed by atoms with van der Waals surface area (Å²) < 4.78 is 11.0. The zero-order chi connectivity index (χ0) is 15.5. The number of benzene rings is 1. The molecule has 1 N–H and O–H groups in total. The average Bonchev–Trinajstić information content (AvgIpc) is 2.49. The van der Waals surface area contributed by atoms with Gasteiger partial charge in [-0.25, -0.2) is 0 Å². The third-order valence-electron chi connectivity index (χ3n) is 3.37. The van der Waals surface area contributed by atoms with Crippen LogP contribution in [0.5, 0.6) is 0 Å². The molecule has 21 heavy (non-hydrogen) atoms. The molecule has 1 aromatic carbocycles. The van der Waals surface area contributed by atoms with E-state index in [9.17, 15) is 0 Å². The van der Waals surface area contributed by atoms with Crippen molar-refractivity contribution in [2.75, 3.05) is 26.4 Å². The summed E-state index contributed by atoms with van der Waals surface area (Å²) in [5.41, 5.74) is 2.59. The standard InChI is InChI=1S/C18H31NO2/c1-5-10-20-11-12-21-14-17-6-8-18(9-7-17)16(4)13-19-15(2)3/h6-9,15-16,19H,5,10-14H2,1-4H3. The largest absolute Gasteiger partial charge is 0.379 e. The number of rotatable bonds is 11. The summed E-state index contributed by atoms with van der Waals surface area (Å²) in [6.07, 6.45) is 1.06. The Hall–Kier alpha value is -0.900. The van der Waals surface area contributed by atoms with Crippen LogP contribution in [0.1, 0.15) is 51.2 Å². The van der Waals surface area contributed by atoms with Crippen LogP contribution in [-0.2, 0) is 16.1 Å². The molecule has 1 unspecified atom stereocenters. The van der Waals surface area contributed by atoms with Crippen molar-refractivity contribution in [3.05, 3.63) is 35.4 Å². The fourth-order valence-electron chi connectivity index (χ4n) is 2.03. The Bertz CT molecular complexity index is 362. The van der Waals surface area contributed by atoms with E-state index in [2.05, 4.69) is 57.3 Å². The van der Waals surface area contributed by atoms with Crippen LogP contribution in [0.4, 0.5) is 0 Å². The molecule has 1 rings (SSSR count). The van der Waals surface area contributed by atoms with E-state index < -0.39 is 0 Å². The highest BCUT2D eigenvalue weighted by molar-refractivity contribution is 5.24. The number of ether oxygens (including phenoxy) is 2. The highest BCUT2D eigenvalue weighted by Gasteiger charge is 2.06. The molecule has 0 saturated heterocycles. The Balaban J connectivity index is 2.26. The zero-order valence-corrected chi connectivity index (χ0v) is 14.0. The van der Waals surface area contributed by atoms with E-state index in [1.165, 1.54) is 11.1 Å².